The molecular weight excluding hydrogens is 195 g/mol. The van der Waals surface area contributed by atoms with Gasteiger partial charge in [0, 0.05) is 5.56 Å². The maximum atomic E-state index is 5.70. The Morgan fingerprint density at radius 3 is 3.17 bits per heavy atom. The van der Waals surface area contributed by atoms with Gasteiger partial charge in [0.15, 0.2) is 0 Å². The van der Waals surface area contributed by atoms with E-state index in [2.05, 4.69) is 6.07 Å². The lowest BCUT2D eigenvalue weighted by atomic mass is 10.1. The van der Waals surface area contributed by atoms with E-state index in [0.717, 1.165) is 11.3 Å². The first-order chi connectivity index (χ1) is 5.75. The lowest BCUT2D eigenvalue weighted by Crippen LogP contribution is -2.00. The van der Waals surface area contributed by atoms with Gasteiger partial charge in [-0.2, -0.15) is 0 Å². The van der Waals surface area contributed by atoms with Crippen LogP contribution in [0.5, 0.6) is 5.75 Å². The van der Waals surface area contributed by atoms with Gasteiger partial charge in [-0.1, -0.05) is 17.7 Å². The first-order valence-corrected chi connectivity index (χ1v) is 5.70. The molecule has 2 rings (SSSR count). The van der Waals surface area contributed by atoms with E-state index in [1.807, 2.05) is 19.1 Å². The molecule has 4 heteroatoms. The second-order valence-electron chi connectivity index (χ2n) is 2.69. The van der Waals surface area contributed by atoms with Gasteiger partial charge in [0.05, 0.1) is 6.61 Å². The SMILES string of the molecule is Cc1ccc2c(c1)COP(Cl)O2. The molecule has 1 aliphatic heterocycles. The van der Waals surface area contributed by atoms with E-state index in [9.17, 15) is 0 Å². The van der Waals surface area contributed by atoms with Gasteiger partial charge in [-0.05, 0) is 24.2 Å². The summed E-state index contributed by atoms with van der Waals surface area (Å²) in [5.41, 5.74) is 2.29. The maximum Gasteiger partial charge on any atom is 0.338 e. The van der Waals surface area contributed by atoms with Gasteiger partial charge in [0.25, 0.3) is 0 Å². The van der Waals surface area contributed by atoms with Crippen LogP contribution < -0.4 is 4.52 Å². The number of aryl methyl sites for hydroxylation is 1. The van der Waals surface area contributed by atoms with E-state index in [0.29, 0.717) is 6.61 Å². The number of hydrogen-bond acceptors (Lipinski definition) is 2. The van der Waals surface area contributed by atoms with Crippen LogP contribution in [0.4, 0.5) is 0 Å². The van der Waals surface area contributed by atoms with Gasteiger partial charge in [0.1, 0.15) is 5.75 Å². The van der Waals surface area contributed by atoms with E-state index in [1.165, 1.54) is 5.56 Å². The largest absolute Gasteiger partial charge is 0.436 e. The Morgan fingerprint density at radius 2 is 2.33 bits per heavy atom. The molecule has 0 N–H and O–H groups in total. The summed E-state index contributed by atoms with van der Waals surface area (Å²) in [6.45, 7) is 2.60. The molecule has 1 atom stereocenters. The molecule has 0 saturated carbocycles. The zero-order chi connectivity index (χ0) is 8.55. The van der Waals surface area contributed by atoms with E-state index in [1.54, 1.807) is 0 Å². The summed E-state index contributed by atoms with van der Waals surface area (Å²) in [6.07, 6.45) is 0. The van der Waals surface area contributed by atoms with Crippen LogP contribution in [0.15, 0.2) is 18.2 Å². The van der Waals surface area contributed by atoms with E-state index in [-0.39, 0.29) is 0 Å². The zero-order valence-corrected chi connectivity index (χ0v) is 8.23. The third-order valence-corrected chi connectivity index (χ3v) is 2.88. The molecule has 0 aliphatic carbocycles. The van der Waals surface area contributed by atoms with E-state index < -0.39 is 7.73 Å². The monoisotopic (exact) mass is 202 g/mol. The number of benzene rings is 1. The first kappa shape index (κ1) is 8.31. The fourth-order valence-electron chi connectivity index (χ4n) is 1.13. The van der Waals surface area contributed by atoms with Crippen molar-refractivity contribution in [2.75, 3.05) is 0 Å². The molecule has 0 radical (unpaired) electrons. The van der Waals surface area contributed by atoms with Crippen LogP contribution in [-0.4, -0.2) is 0 Å². The van der Waals surface area contributed by atoms with Crippen LogP contribution in [0.2, 0.25) is 0 Å². The minimum atomic E-state index is -1.22. The normalized spacial score (nSPS) is 21.3. The number of rotatable bonds is 0. The van der Waals surface area contributed by atoms with Gasteiger partial charge < -0.3 is 9.05 Å². The Balaban J connectivity index is 2.37. The minimum absolute atomic E-state index is 0.562. The Kier molecular flexibility index (Phi) is 2.22. The van der Waals surface area contributed by atoms with E-state index >= 15 is 0 Å². The summed E-state index contributed by atoms with van der Waals surface area (Å²) in [5.74, 6) is 0.855. The predicted octanol–water partition coefficient (Wildman–Crippen LogP) is 3.37. The third-order valence-electron chi connectivity index (χ3n) is 1.71. The topological polar surface area (TPSA) is 18.5 Å². The summed E-state index contributed by atoms with van der Waals surface area (Å²) in [7, 11) is -1.22. The van der Waals surface area contributed by atoms with Crippen molar-refractivity contribution in [3.8, 4) is 5.75 Å². The molecular formula is C8H8ClO2P. The van der Waals surface area contributed by atoms with Crippen LogP contribution in [0.3, 0.4) is 0 Å². The average Bonchev–Trinajstić information content (AvgIpc) is 2.05. The smallest absolute Gasteiger partial charge is 0.338 e. The number of halogens is 1. The lowest BCUT2D eigenvalue weighted by Gasteiger charge is -2.20. The van der Waals surface area contributed by atoms with Crippen LogP contribution in [0.1, 0.15) is 11.1 Å². The lowest BCUT2D eigenvalue weighted by molar-refractivity contribution is 0.288. The summed E-state index contributed by atoms with van der Waals surface area (Å²) in [6, 6.07) is 5.99. The predicted molar refractivity (Wildman–Crippen MR) is 49.4 cm³/mol. The highest BCUT2D eigenvalue weighted by atomic mass is 35.7. The molecule has 0 aromatic heterocycles. The van der Waals surface area contributed by atoms with Crippen molar-refractivity contribution in [3.05, 3.63) is 29.3 Å². The second kappa shape index (κ2) is 3.21. The van der Waals surface area contributed by atoms with E-state index in [4.69, 9.17) is 20.3 Å². The van der Waals surface area contributed by atoms with Gasteiger partial charge in [-0.25, -0.2) is 0 Å². The molecule has 1 aromatic rings. The molecule has 1 aromatic carbocycles. The standard InChI is InChI=1S/C8H8ClO2P/c1-6-2-3-8-7(4-6)5-10-12(9)11-8/h2-4H,5H2,1H3. The van der Waals surface area contributed by atoms with Gasteiger partial charge in [-0.3, -0.25) is 0 Å². The molecule has 0 fully saturated rings. The van der Waals surface area contributed by atoms with Crippen molar-refractivity contribution in [1.29, 1.82) is 0 Å². The van der Waals surface area contributed by atoms with Crippen molar-refractivity contribution < 1.29 is 9.05 Å². The molecule has 1 heterocycles. The molecule has 0 saturated heterocycles. The molecule has 64 valence electrons. The summed E-state index contributed by atoms with van der Waals surface area (Å²) in [5, 5.41) is 0. The molecule has 1 unspecified atom stereocenters. The maximum absolute atomic E-state index is 5.70. The van der Waals surface area contributed by atoms with Crippen LogP contribution in [0.25, 0.3) is 0 Å². The highest BCUT2D eigenvalue weighted by molar-refractivity contribution is 7.76. The quantitative estimate of drug-likeness (QED) is 0.601. The second-order valence-corrected chi connectivity index (χ2v) is 4.38. The summed E-state index contributed by atoms with van der Waals surface area (Å²) < 4.78 is 10.5. The minimum Gasteiger partial charge on any atom is -0.436 e. The fraction of sp³-hybridized carbons (Fsp3) is 0.250. The Morgan fingerprint density at radius 1 is 1.50 bits per heavy atom. The fourth-order valence-corrected chi connectivity index (χ4v) is 2.13. The number of hydrogen-bond donors (Lipinski definition) is 0. The molecule has 0 amide bonds. The highest BCUT2D eigenvalue weighted by Crippen LogP contribution is 2.49. The van der Waals surface area contributed by atoms with Crippen molar-refractivity contribution in [1.82, 2.24) is 0 Å². The molecule has 2 nitrogen and oxygen atoms in total. The Bertz CT molecular complexity index is 303. The van der Waals surface area contributed by atoms with Gasteiger partial charge in [0.2, 0.25) is 0 Å². The molecule has 1 aliphatic rings. The molecule has 12 heavy (non-hydrogen) atoms. The van der Waals surface area contributed by atoms with Gasteiger partial charge >= 0.3 is 7.73 Å². The van der Waals surface area contributed by atoms with Crippen LogP contribution in [-0.2, 0) is 11.1 Å². The van der Waals surface area contributed by atoms with Crippen molar-refractivity contribution >= 4 is 19.0 Å². The van der Waals surface area contributed by atoms with Crippen LogP contribution in [0, 0.1) is 6.92 Å². The zero-order valence-electron chi connectivity index (χ0n) is 6.58. The highest BCUT2D eigenvalue weighted by Gasteiger charge is 2.18. The Hall–Kier alpha value is -0.300. The number of fused-ring (bicyclic) bond motifs is 1. The first-order valence-electron chi connectivity index (χ1n) is 3.62. The van der Waals surface area contributed by atoms with Crippen molar-refractivity contribution in [2.45, 2.75) is 13.5 Å². The van der Waals surface area contributed by atoms with Gasteiger partial charge in [-0.15, -0.1) is 0 Å². The third kappa shape index (κ3) is 1.56. The Labute approximate surface area is 77.2 Å². The van der Waals surface area contributed by atoms with Crippen LogP contribution >= 0.6 is 19.0 Å². The van der Waals surface area contributed by atoms with Crippen molar-refractivity contribution in [2.24, 2.45) is 0 Å². The average molecular weight is 203 g/mol. The molecule has 0 spiro atoms. The van der Waals surface area contributed by atoms with Crippen molar-refractivity contribution in [3.63, 3.8) is 0 Å². The summed E-state index contributed by atoms with van der Waals surface area (Å²) in [4.78, 5) is 0. The summed E-state index contributed by atoms with van der Waals surface area (Å²) >= 11 is 5.70. The molecule has 0 bridgehead atoms.